The van der Waals surface area contributed by atoms with Gasteiger partial charge >= 0.3 is 0 Å². The average Bonchev–Trinajstić information content (AvgIpc) is 3.45. The maximum absolute atomic E-state index is 10.0. The molecule has 1 fully saturated rings. The molecule has 0 aliphatic carbocycles. The molecule has 0 saturated carbocycles. The van der Waals surface area contributed by atoms with E-state index < -0.39 is 0 Å². The minimum Gasteiger partial charge on any atom is -0.508 e. The van der Waals surface area contributed by atoms with Crippen molar-refractivity contribution in [1.82, 2.24) is 9.47 Å². The molecule has 2 aromatic heterocycles. The molecule has 162 valence electrons. The number of aromatic hydroxyl groups is 1. The lowest BCUT2D eigenvalue weighted by molar-refractivity contribution is 0.327. The minimum absolute atomic E-state index is 0.352. The molecule has 1 saturated heterocycles. The first-order valence-electron chi connectivity index (χ1n) is 11.7. The normalized spacial score (nSPS) is 14.9. The predicted octanol–water partition coefficient (Wildman–Crippen LogP) is 7.13. The van der Waals surface area contributed by atoms with Crippen molar-refractivity contribution in [1.29, 1.82) is 0 Å². The van der Waals surface area contributed by atoms with Crippen LogP contribution in [-0.4, -0.2) is 34.2 Å². The summed E-state index contributed by atoms with van der Waals surface area (Å²) in [5.41, 5.74) is 5.18. The van der Waals surface area contributed by atoms with Gasteiger partial charge in [-0.3, -0.25) is 0 Å². The highest BCUT2D eigenvalue weighted by Gasteiger charge is 2.17. The Morgan fingerprint density at radius 3 is 2.30 bits per heavy atom. The third kappa shape index (κ3) is 4.92. The molecule has 1 aliphatic heterocycles. The first-order chi connectivity index (χ1) is 14.6. The molecule has 4 heteroatoms. The Balaban J connectivity index is 1.35. The van der Waals surface area contributed by atoms with E-state index in [2.05, 4.69) is 40.8 Å². The summed E-state index contributed by atoms with van der Waals surface area (Å²) >= 11 is 1.83. The summed E-state index contributed by atoms with van der Waals surface area (Å²) in [5.74, 6) is 0.352. The summed E-state index contributed by atoms with van der Waals surface area (Å²) < 4.78 is 2.49. The molecule has 0 radical (unpaired) electrons. The molecular weight excluding hydrogens is 388 g/mol. The number of fused-ring (bicyclic) bond motifs is 1. The number of aromatic nitrogens is 1. The molecule has 0 unspecified atom stereocenters. The van der Waals surface area contributed by atoms with E-state index in [1.807, 2.05) is 23.5 Å². The van der Waals surface area contributed by atoms with Crippen molar-refractivity contribution in [2.75, 3.05) is 19.6 Å². The van der Waals surface area contributed by atoms with Crippen LogP contribution in [0.25, 0.3) is 21.5 Å². The first kappa shape index (κ1) is 21.5. The lowest BCUT2D eigenvalue weighted by atomic mass is 10.1. The van der Waals surface area contributed by atoms with E-state index in [4.69, 9.17) is 0 Å². The van der Waals surface area contributed by atoms with Crippen molar-refractivity contribution < 1.29 is 5.11 Å². The second kappa shape index (κ2) is 10.0. The monoisotopic (exact) mass is 424 g/mol. The van der Waals surface area contributed by atoms with Gasteiger partial charge in [-0.15, -0.1) is 11.3 Å². The Bertz CT molecular complexity index is 965. The number of rotatable bonds is 10. The van der Waals surface area contributed by atoms with Crippen LogP contribution in [0.4, 0.5) is 0 Å². The highest BCUT2D eigenvalue weighted by molar-refractivity contribution is 7.13. The summed E-state index contributed by atoms with van der Waals surface area (Å²) in [6.45, 7) is 9.38. The van der Waals surface area contributed by atoms with Crippen molar-refractivity contribution >= 4 is 22.2 Å². The lowest BCUT2D eigenvalue weighted by Crippen LogP contribution is -2.20. The van der Waals surface area contributed by atoms with Gasteiger partial charge in [-0.2, -0.15) is 0 Å². The topological polar surface area (TPSA) is 28.4 Å². The SMILES string of the molecule is Cc1csc(-c2c(C)c3cc(O)ccc3n2CCCCCCCCN2CCCC2)c1. The Hall–Kier alpha value is -1.78. The van der Waals surface area contributed by atoms with E-state index in [9.17, 15) is 5.11 Å². The highest BCUT2D eigenvalue weighted by Crippen LogP contribution is 2.38. The van der Waals surface area contributed by atoms with Gasteiger partial charge in [-0.25, -0.2) is 0 Å². The zero-order valence-corrected chi connectivity index (χ0v) is 19.4. The van der Waals surface area contributed by atoms with Crippen LogP contribution >= 0.6 is 11.3 Å². The fraction of sp³-hybridized carbons (Fsp3) is 0.538. The van der Waals surface area contributed by atoms with Gasteiger partial charge in [-0.1, -0.05) is 25.7 Å². The summed E-state index contributed by atoms with van der Waals surface area (Å²) in [5, 5.41) is 13.4. The molecule has 3 heterocycles. The summed E-state index contributed by atoms with van der Waals surface area (Å²) in [7, 11) is 0. The van der Waals surface area contributed by atoms with Crippen LogP contribution < -0.4 is 0 Å². The third-order valence-corrected chi connectivity index (χ3v) is 7.62. The van der Waals surface area contributed by atoms with Crippen molar-refractivity contribution in [2.45, 2.75) is 71.8 Å². The van der Waals surface area contributed by atoms with E-state index in [0.717, 1.165) is 6.54 Å². The quantitative estimate of drug-likeness (QED) is 0.351. The first-order valence-corrected chi connectivity index (χ1v) is 12.6. The Kier molecular flexibility index (Phi) is 7.16. The van der Waals surface area contributed by atoms with Crippen LogP contribution in [0.2, 0.25) is 0 Å². The molecule has 4 rings (SSSR count). The van der Waals surface area contributed by atoms with E-state index in [0.29, 0.717) is 5.75 Å². The highest BCUT2D eigenvalue weighted by atomic mass is 32.1. The third-order valence-electron chi connectivity index (χ3n) is 6.57. The summed E-state index contributed by atoms with van der Waals surface area (Å²) in [4.78, 5) is 3.97. The zero-order valence-electron chi connectivity index (χ0n) is 18.6. The summed E-state index contributed by atoms with van der Waals surface area (Å²) in [6, 6.07) is 8.12. The van der Waals surface area contributed by atoms with E-state index >= 15 is 0 Å². The van der Waals surface area contributed by atoms with Gasteiger partial charge in [0.15, 0.2) is 0 Å². The number of hydrogen-bond acceptors (Lipinski definition) is 3. The fourth-order valence-electron chi connectivity index (χ4n) is 4.93. The standard InChI is InChI=1S/C26H36N2OS/c1-20-17-25(30-19-20)26-21(2)23-18-22(29)11-12-24(23)28(26)16-8-6-4-3-5-7-13-27-14-9-10-15-27/h11-12,17-19,29H,3-10,13-16H2,1-2H3. The number of thiophene rings is 1. The number of benzene rings is 1. The van der Waals surface area contributed by atoms with E-state index in [1.165, 1.54) is 104 Å². The second-order valence-corrected chi connectivity index (χ2v) is 9.90. The number of aryl methyl sites for hydroxylation is 3. The Labute approximate surface area is 185 Å². The maximum atomic E-state index is 10.0. The van der Waals surface area contributed by atoms with Crippen LogP contribution in [0.5, 0.6) is 5.75 Å². The molecule has 1 N–H and O–H groups in total. The lowest BCUT2D eigenvalue weighted by Gasteiger charge is -2.14. The maximum Gasteiger partial charge on any atom is 0.116 e. The minimum atomic E-state index is 0.352. The number of likely N-dealkylation sites (tertiary alicyclic amines) is 1. The van der Waals surface area contributed by atoms with E-state index in [-0.39, 0.29) is 0 Å². The molecule has 1 aromatic carbocycles. The molecule has 0 spiro atoms. The largest absolute Gasteiger partial charge is 0.508 e. The van der Waals surface area contributed by atoms with Gasteiger partial charge in [0.05, 0.1) is 10.6 Å². The Morgan fingerprint density at radius 2 is 1.60 bits per heavy atom. The zero-order chi connectivity index (χ0) is 20.9. The molecule has 3 aromatic rings. The van der Waals surface area contributed by atoms with Gasteiger partial charge in [0.25, 0.3) is 0 Å². The van der Waals surface area contributed by atoms with Crippen LogP contribution in [0, 0.1) is 13.8 Å². The van der Waals surface area contributed by atoms with Gasteiger partial charge in [-0.05, 0) is 99.9 Å². The van der Waals surface area contributed by atoms with Gasteiger partial charge < -0.3 is 14.6 Å². The number of hydrogen-bond donors (Lipinski definition) is 1. The Morgan fingerprint density at radius 1 is 0.900 bits per heavy atom. The average molecular weight is 425 g/mol. The number of unbranched alkanes of at least 4 members (excludes halogenated alkanes) is 5. The summed E-state index contributed by atoms with van der Waals surface area (Å²) in [6.07, 6.45) is 10.8. The van der Waals surface area contributed by atoms with Crippen molar-refractivity contribution in [2.24, 2.45) is 0 Å². The van der Waals surface area contributed by atoms with Crippen LogP contribution in [0.1, 0.15) is 62.5 Å². The van der Waals surface area contributed by atoms with Gasteiger partial charge in [0.1, 0.15) is 5.75 Å². The van der Waals surface area contributed by atoms with Crippen molar-refractivity contribution in [3.05, 3.63) is 40.8 Å². The molecule has 0 amide bonds. The smallest absolute Gasteiger partial charge is 0.116 e. The molecule has 0 bridgehead atoms. The van der Waals surface area contributed by atoms with Gasteiger partial charge in [0, 0.05) is 17.4 Å². The fourth-order valence-corrected chi connectivity index (χ4v) is 5.94. The number of phenolic OH excluding ortho intramolecular Hbond substituents is 1. The molecule has 30 heavy (non-hydrogen) atoms. The van der Waals surface area contributed by atoms with E-state index in [1.54, 1.807) is 0 Å². The second-order valence-electron chi connectivity index (χ2n) is 8.99. The number of phenols is 1. The molecule has 1 aliphatic rings. The molecular formula is C26H36N2OS. The molecule has 0 atom stereocenters. The number of nitrogens with zero attached hydrogens (tertiary/aromatic N) is 2. The van der Waals surface area contributed by atoms with Crippen LogP contribution in [0.15, 0.2) is 29.6 Å². The van der Waals surface area contributed by atoms with Gasteiger partial charge in [0.2, 0.25) is 0 Å². The van der Waals surface area contributed by atoms with Crippen molar-refractivity contribution in [3.8, 4) is 16.3 Å². The van der Waals surface area contributed by atoms with Crippen LogP contribution in [0.3, 0.4) is 0 Å². The predicted molar refractivity (Wildman–Crippen MR) is 130 cm³/mol. The van der Waals surface area contributed by atoms with Crippen molar-refractivity contribution in [3.63, 3.8) is 0 Å². The molecule has 3 nitrogen and oxygen atoms in total. The van der Waals surface area contributed by atoms with Crippen LogP contribution in [-0.2, 0) is 6.54 Å².